The lowest BCUT2D eigenvalue weighted by atomic mass is 10.1. The van der Waals surface area contributed by atoms with Crippen molar-refractivity contribution >= 4 is 33.4 Å². The molecule has 0 aliphatic heterocycles. The average molecular weight is 492 g/mol. The minimum atomic E-state index is -4.15. The zero-order chi connectivity index (χ0) is 24.7. The summed E-state index contributed by atoms with van der Waals surface area (Å²) in [6.45, 7) is 8.86. The molecule has 0 atom stereocenters. The monoisotopic (exact) mass is 491 g/mol. The van der Waals surface area contributed by atoms with Crippen LogP contribution in [0.2, 0.25) is 5.02 Å². The number of carbonyl (C=O) groups is 1. The van der Waals surface area contributed by atoms with Gasteiger partial charge in [0, 0.05) is 23.5 Å². The molecule has 0 saturated heterocycles. The van der Waals surface area contributed by atoms with Crippen molar-refractivity contribution in [1.82, 2.24) is 8.96 Å². The Morgan fingerprint density at radius 2 is 1.76 bits per heavy atom. The van der Waals surface area contributed by atoms with Gasteiger partial charge in [0.2, 0.25) is 0 Å². The Labute approximate surface area is 198 Å². The van der Waals surface area contributed by atoms with E-state index in [9.17, 15) is 18.4 Å². The van der Waals surface area contributed by atoms with Gasteiger partial charge in [0.25, 0.3) is 10.0 Å². The van der Waals surface area contributed by atoms with Crippen LogP contribution < -0.4 is 5.06 Å². The molecule has 0 unspecified atom stereocenters. The minimum Gasteiger partial charge on any atom is -0.464 e. The van der Waals surface area contributed by atoms with Crippen LogP contribution in [-0.2, 0) is 14.8 Å². The van der Waals surface area contributed by atoms with Crippen molar-refractivity contribution in [2.24, 2.45) is 0 Å². The molecule has 0 amide bonds. The number of ether oxygens (including phenoxy) is 1. The van der Waals surface area contributed by atoms with Crippen LogP contribution in [0.1, 0.15) is 41.0 Å². The second kappa shape index (κ2) is 9.17. The lowest BCUT2D eigenvalue weighted by Gasteiger charge is -2.20. The molecule has 2 heterocycles. The number of aryl methyl sites for hydroxylation is 3. The standard InChI is InChI=1S/C23H26ClN3O5S/c1-13(2)27(29)21-10-18(19(24)11-25-21)17-9-20(23(28)32-6)26(12-17)33(30,31)22-15(4)7-14(3)8-16(22)5/h7-13,29H,1-6H3. The SMILES string of the molecule is COC(=O)c1cc(-c2cc(N(O)C(C)C)ncc2Cl)cn1S(=O)(=O)c1c(C)cc(C)cc1C. The number of pyridine rings is 1. The van der Waals surface area contributed by atoms with Gasteiger partial charge in [-0.1, -0.05) is 29.3 Å². The number of halogens is 1. The molecule has 8 nitrogen and oxygen atoms in total. The average Bonchev–Trinajstić information content (AvgIpc) is 3.18. The van der Waals surface area contributed by atoms with Gasteiger partial charge in [-0.25, -0.2) is 27.2 Å². The summed E-state index contributed by atoms with van der Waals surface area (Å²) in [7, 11) is -2.97. The lowest BCUT2D eigenvalue weighted by Crippen LogP contribution is -2.27. The summed E-state index contributed by atoms with van der Waals surface area (Å²) in [6, 6.07) is 6.21. The fourth-order valence-corrected chi connectivity index (χ4v) is 5.73. The number of nitrogens with zero attached hydrogens (tertiary/aromatic N) is 3. The number of aromatic nitrogens is 2. The first kappa shape index (κ1) is 24.8. The van der Waals surface area contributed by atoms with E-state index >= 15 is 0 Å². The summed E-state index contributed by atoms with van der Waals surface area (Å²) in [4.78, 5) is 16.8. The first-order valence-electron chi connectivity index (χ1n) is 10.2. The summed E-state index contributed by atoms with van der Waals surface area (Å²) in [5, 5.41) is 11.5. The van der Waals surface area contributed by atoms with Gasteiger partial charge in [0.15, 0.2) is 5.82 Å². The Morgan fingerprint density at radius 3 is 2.30 bits per heavy atom. The lowest BCUT2D eigenvalue weighted by molar-refractivity contribution is 0.0593. The van der Waals surface area contributed by atoms with Gasteiger partial charge in [0.05, 0.1) is 23.1 Å². The van der Waals surface area contributed by atoms with Gasteiger partial charge in [-0.3, -0.25) is 5.21 Å². The molecule has 33 heavy (non-hydrogen) atoms. The number of hydroxylamine groups is 1. The first-order valence-corrected chi connectivity index (χ1v) is 12.0. The van der Waals surface area contributed by atoms with Crippen LogP contribution in [0.3, 0.4) is 0 Å². The molecule has 0 aliphatic carbocycles. The summed E-state index contributed by atoms with van der Waals surface area (Å²) in [6.07, 6.45) is 2.68. The molecule has 2 aromatic heterocycles. The van der Waals surface area contributed by atoms with Crippen molar-refractivity contribution in [2.75, 3.05) is 12.2 Å². The van der Waals surface area contributed by atoms with E-state index in [4.69, 9.17) is 16.3 Å². The zero-order valence-corrected chi connectivity index (χ0v) is 20.8. The van der Waals surface area contributed by atoms with Crippen molar-refractivity contribution in [1.29, 1.82) is 0 Å². The fourth-order valence-electron chi connectivity index (χ4n) is 3.75. The zero-order valence-electron chi connectivity index (χ0n) is 19.2. The maximum Gasteiger partial charge on any atom is 0.355 e. The maximum atomic E-state index is 13.7. The Kier molecular flexibility index (Phi) is 6.88. The number of rotatable bonds is 6. The van der Waals surface area contributed by atoms with Gasteiger partial charge in [-0.2, -0.15) is 0 Å². The molecule has 1 N–H and O–H groups in total. The second-order valence-corrected chi connectivity index (χ2v) is 10.3. The van der Waals surface area contributed by atoms with Crippen LogP contribution in [0.4, 0.5) is 5.82 Å². The largest absolute Gasteiger partial charge is 0.464 e. The third-order valence-corrected chi connectivity index (χ3v) is 7.46. The van der Waals surface area contributed by atoms with Crippen LogP contribution >= 0.6 is 11.6 Å². The van der Waals surface area contributed by atoms with E-state index in [1.165, 1.54) is 31.6 Å². The van der Waals surface area contributed by atoms with Gasteiger partial charge < -0.3 is 4.74 Å². The van der Waals surface area contributed by atoms with Crippen molar-refractivity contribution < 1.29 is 23.2 Å². The van der Waals surface area contributed by atoms with Gasteiger partial charge in [-0.05, 0) is 57.9 Å². The number of hydrogen-bond acceptors (Lipinski definition) is 7. The van der Waals surface area contributed by atoms with Gasteiger partial charge in [-0.15, -0.1) is 0 Å². The van der Waals surface area contributed by atoms with Crippen molar-refractivity contribution in [2.45, 2.75) is 45.6 Å². The first-order chi connectivity index (χ1) is 15.4. The van der Waals surface area contributed by atoms with E-state index in [2.05, 4.69) is 4.98 Å². The van der Waals surface area contributed by atoms with Crippen molar-refractivity contribution in [3.63, 3.8) is 0 Å². The van der Waals surface area contributed by atoms with Crippen LogP contribution in [0.15, 0.2) is 41.6 Å². The molecule has 10 heteroatoms. The van der Waals surface area contributed by atoms with E-state index in [1.807, 2.05) is 6.92 Å². The van der Waals surface area contributed by atoms with Gasteiger partial charge in [0.1, 0.15) is 5.69 Å². The van der Waals surface area contributed by atoms with E-state index in [0.717, 1.165) is 14.6 Å². The Bertz CT molecular complexity index is 1310. The summed E-state index contributed by atoms with van der Waals surface area (Å²) >= 11 is 6.35. The number of benzene rings is 1. The molecule has 0 saturated carbocycles. The highest BCUT2D eigenvalue weighted by Crippen LogP contribution is 2.34. The molecule has 0 bridgehead atoms. The third kappa shape index (κ3) is 4.62. The molecule has 0 aliphatic rings. The summed E-state index contributed by atoms with van der Waals surface area (Å²) < 4.78 is 33.1. The summed E-state index contributed by atoms with van der Waals surface area (Å²) in [5.74, 6) is -0.589. The number of anilines is 1. The molecular formula is C23H26ClN3O5S. The van der Waals surface area contributed by atoms with Crippen molar-refractivity contribution in [3.05, 3.63) is 64.1 Å². The molecular weight excluding hydrogens is 466 g/mol. The molecule has 0 radical (unpaired) electrons. The van der Waals surface area contributed by atoms with E-state index in [0.29, 0.717) is 22.3 Å². The third-order valence-electron chi connectivity index (χ3n) is 5.18. The van der Waals surface area contributed by atoms with E-state index in [-0.39, 0.29) is 27.5 Å². The normalized spacial score (nSPS) is 11.7. The molecule has 0 fully saturated rings. The van der Waals surface area contributed by atoms with E-state index < -0.39 is 16.0 Å². The Morgan fingerprint density at radius 1 is 1.15 bits per heavy atom. The summed E-state index contributed by atoms with van der Waals surface area (Å²) in [5.41, 5.74) is 2.64. The van der Waals surface area contributed by atoms with Crippen LogP contribution in [-0.4, -0.2) is 41.7 Å². The minimum absolute atomic E-state index is 0.114. The Balaban J connectivity index is 2.26. The highest BCUT2D eigenvalue weighted by Gasteiger charge is 2.29. The van der Waals surface area contributed by atoms with Crippen LogP contribution in [0.5, 0.6) is 0 Å². The van der Waals surface area contributed by atoms with E-state index in [1.54, 1.807) is 39.8 Å². The predicted octanol–water partition coefficient (Wildman–Crippen LogP) is 4.76. The quantitative estimate of drug-likeness (QED) is 0.392. The molecule has 3 rings (SSSR count). The molecule has 1 aromatic carbocycles. The molecule has 3 aromatic rings. The predicted molar refractivity (Wildman–Crippen MR) is 127 cm³/mol. The highest BCUT2D eigenvalue weighted by atomic mass is 35.5. The number of esters is 1. The van der Waals surface area contributed by atoms with Gasteiger partial charge >= 0.3 is 5.97 Å². The molecule has 176 valence electrons. The maximum absolute atomic E-state index is 13.7. The molecule has 0 spiro atoms. The second-order valence-electron chi connectivity index (χ2n) is 8.09. The van der Waals surface area contributed by atoms with Crippen LogP contribution in [0.25, 0.3) is 11.1 Å². The smallest absolute Gasteiger partial charge is 0.355 e. The van der Waals surface area contributed by atoms with Crippen LogP contribution in [0, 0.1) is 20.8 Å². The van der Waals surface area contributed by atoms with Crippen molar-refractivity contribution in [3.8, 4) is 11.1 Å². The number of hydrogen-bond donors (Lipinski definition) is 1. The number of methoxy groups -OCH3 is 1. The topological polar surface area (TPSA) is 102 Å². The Hall–Kier alpha value is -2.88. The fraction of sp³-hybridized carbons (Fsp3) is 0.304. The highest BCUT2D eigenvalue weighted by molar-refractivity contribution is 7.90. The number of carbonyl (C=O) groups excluding carboxylic acids is 1.